The molecule has 5 nitrogen and oxygen atoms in total. The smallest absolute Gasteiger partial charge is 0.217 e. The van der Waals surface area contributed by atoms with Crippen molar-refractivity contribution in [1.82, 2.24) is 9.97 Å². The number of hydrogen-bond donors (Lipinski definition) is 2. The molecule has 1 aromatic carbocycles. The summed E-state index contributed by atoms with van der Waals surface area (Å²) in [6.45, 7) is 1.82. The molecule has 1 aromatic heterocycles. The Morgan fingerprint density at radius 3 is 2.63 bits per heavy atom. The first-order chi connectivity index (χ1) is 9.09. The maximum Gasteiger partial charge on any atom is 0.217 e. The van der Waals surface area contributed by atoms with Crippen molar-refractivity contribution in [1.29, 1.82) is 0 Å². The van der Waals surface area contributed by atoms with Crippen LogP contribution in [0.5, 0.6) is 5.75 Å². The molecule has 2 aromatic rings. The number of aryl methyl sites for hydroxylation is 1. The second-order valence-corrected chi connectivity index (χ2v) is 4.34. The lowest BCUT2D eigenvalue weighted by Gasteiger charge is -2.13. The summed E-state index contributed by atoms with van der Waals surface area (Å²) >= 11 is 0. The molecule has 19 heavy (non-hydrogen) atoms. The van der Waals surface area contributed by atoms with E-state index in [1.165, 1.54) is 6.33 Å². The van der Waals surface area contributed by atoms with Gasteiger partial charge in [0, 0.05) is 24.4 Å². The van der Waals surface area contributed by atoms with Gasteiger partial charge in [-0.15, -0.1) is 0 Å². The summed E-state index contributed by atoms with van der Waals surface area (Å²) in [4.78, 5) is 18.9. The van der Waals surface area contributed by atoms with Crippen molar-refractivity contribution in [3.8, 4) is 16.9 Å². The normalized spacial score (nSPS) is 10.4. The standard InChI is InChI=1S/C14H15N3O2/c1-9-12(18)4-2-10(3-5-13(15)19)14(9)11-6-16-8-17-7-11/h2,4,6-8,18H,3,5H2,1H3,(H2,15,19). The number of phenolic OH excluding ortho intramolecular Hbond substituents is 1. The maximum atomic E-state index is 10.9. The minimum absolute atomic E-state index is 0.210. The number of hydrogen-bond acceptors (Lipinski definition) is 4. The second kappa shape index (κ2) is 5.48. The molecule has 1 heterocycles. The highest BCUT2D eigenvalue weighted by molar-refractivity contribution is 5.76. The Morgan fingerprint density at radius 1 is 1.32 bits per heavy atom. The van der Waals surface area contributed by atoms with Crippen LogP contribution in [0.2, 0.25) is 0 Å². The van der Waals surface area contributed by atoms with Crippen molar-refractivity contribution in [3.63, 3.8) is 0 Å². The van der Waals surface area contributed by atoms with E-state index in [0.29, 0.717) is 6.42 Å². The molecule has 0 unspecified atom stereocenters. The molecule has 2 rings (SSSR count). The van der Waals surface area contributed by atoms with Crippen molar-refractivity contribution in [2.45, 2.75) is 19.8 Å². The molecule has 0 saturated heterocycles. The van der Waals surface area contributed by atoms with Gasteiger partial charge < -0.3 is 10.8 Å². The first-order valence-electron chi connectivity index (χ1n) is 5.94. The minimum Gasteiger partial charge on any atom is -0.508 e. The average molecular weight is 257 g/mol. The van der Waals surface area contributed by atoms with Gasteiger partial charge in [-0.2, -0.15) is 0 Å². The number of carbonyl (C=O) groups is 1. The van der Waals surface area contributed by atoms with Crippen molar-refractivity contribution in [2.24, 2.45) is 5.73 Å². The third-order valence-corrected chi connectivity index (χ3v) is 3.01. The summed E-state index contributed by atoms with van der Waals surface area (Å²) in [7, 11) is 0. The fourth-order valence-electron chi connectivity index (χ4n) is 2.05. The van der Waals surface area contributed by atoms with Crippen molar-refractivity contribution < 1.29 is 9.90 Å². The predicted molar refractivity (Wildman–Crippen MR) is 71.4 cm³/mol. The van der Waals surface area contributed by atoms with Gasteiger partial charge in [0.2, 0.25) is 5.91 Å². The molecule has 0 atom stereocenters. The Labute approximate surface area is 111 Å². The maximum absolute atomic E-state index is 10.9. The summed E-state index contributed by atoms with van der Waals surface area (Å²) < 4.78 is 0. The molecule has 98 valence electrons. The SMILES string of the molecule is Cc1c(O)ccc(CCC(N)=O)c1-c1cncnc1. The lowest BCUT2D eigenvalue weighted by molar-refractivity contribution is -0.117. The van der Waals surface area contributed by atoms with Gasteiger partial charge in [0.1, 0.15) is 12.1 Å². The highest BCUT2D eigenvalue weighted by Crippen LogP contribution is 2.32. The zero-order valence-corrected chi connectivity index (χ0v) is 10.6. The van der Waals surface area contributed by atoms with Crippen molar-refractivity contribution in [2.75, 3.05) is 0 Å². The van der Waals surface area contributed by atoms with Crippen molar-refractivity contribution >= 4 is 5.91 Å². The average Bonchev–Trinajstić information content (AvgIpc) is 2.41. The number of aromatic nitrogens is 2. The van der Waals surface area contributed by atoms with E-state index in [9.17, 15) is 9.90 Å². The second-order valence-electron chi connectivity index (χ2n) is 4.34. The van der Waals surface area contributed by atoms with Crippen molar-refractivity contribution in [3.05, 3.63) is 42.0 Å². The molecule has 0 aliphatic rings. The first-order valence-corrected chi connectivity index (χ1v) is 5.94. The van der Waals surface area contributed by atoms with E-state index in [-0.39, 0.29) is 18.1 Å². The van der Waals surface area contributed by atoms with Crippen LogP contribution < -0.4 is 5.73 Å². The highest BCUT2D eigenvalue weighted by atomic mass is 16.3. The van der Waals surface area contributed by atoms with Crippen LogP contribution in [0, 0.1) is 6.92 Å². The quantitative estimate of drug-likeness (QED) is 0.870. The Hall–Kier alpha value is -2.43. The van der Waals surface area contributed by atoms with Gasteiger partial charge >= 0.3 is 0 Å². The molecule has 0 fully saturated rings. The third-order valence-electron chi connectivity index (χ3n) is 3.01. The fourth-order valence-corrected chi connectivity index (χ4v) is 2.05. The predicted octanol–water partition coefficient (Wildman–Crippen LogP) is 1.58. The zero-order valence-electron chi connectivity index (χ0n) is 10.6. The molecule has 0 aliphatic carbocycles. The Bertz CT molecular complexity index is 597. The number of phenols is 1. The summed E-state index contributed by atoms with van der Waals surface area (Å²) in [6, 6.07) is 3.42. The summed E-state index contributed by atoms with van der Waals surface area (Å²) in [5.41, 5.74) is 8.56. The number of primary amides is 1. The van der Waals surface area contributed by atoms with Crippen LogP contribution in [0.4, 0.5) is 0 Å². The molecular weight excluding hydrogens is 242 g/mol. The summed E-state index contributed by atoms with van der Waals surface area (Å²) in [5.74, 6) is -0.136. The van der Waals surface area contributed by atoms with Gasteiger partial charge in [0.25, 0.3) is 0 Å². The lowest BCUT2D eigenvalue weighted by Crippen LogP contribution is -2.11. The molecule has 0 saturated carbocycles. The van der Waals surface area contributed by atoms with E-state index in [4.69, 9.17) is 5.73 Å². The number of carbonyl (C=O) groups excluding carboxylic acids is 1. The molecule has 0 aliphatic heterocycles. The number of nitrogens with zero attached hydrogens (tertiary/aromatic N) is 2. The van der Waals surface area contributed by atoms with E-state index in [2.05, 4.69) is 9.97 Å². The van der Waals surface area contributed by atoms with Crippen LogP contribution in [-0.2, 0) is 11.2 Å². The molecule has 3 N–H and O–H groups in total. The topological polar surface area (TPSA) is 89.1 Å². The van der Waals surface area contributed by atoms with Crippen LogP contribution in [0.15, 0.2) is 30.9 Å². The third kappa shape index (κ3) is 2.88. The molecule has 1 amide bonds. The van der Waals surface area contributed by atoms with E-state index < -0.39 is 0 Å². The van der Waals surface area contributed by atoms with Gasteiger partial charge in [-0.25, -0.2) is 9.97 Å². The first kappa shape index (κ1) is 13.0. The van der Waals surface area contributed by atoms with Gasteiger partial charge in [0.15, 0.2) is 0 Å². The number of rotatable bonds is 4. The van der Waals surface area contributed by atoms with E-state index >= 15 is 0 Å². The van der Waals surface area contributed by atoms with Crippen LogP contribution in [0.3, 0.4) is 0 Å². The number of benzene rings is 1. The van der Waals surface area contributed by atoms with Gasteiger partial charge in [-0.05, 0) is 36.1 Å². The van der Waals surface area contributed by atoms with Crippen LogP contribution in [0.25, 0.3) is 11.1 Å². The van der Waals surface area contributed by atoms with Gasteiger partial charge in [-0.3, -0.25) is 4.79 Å². The number of amides is 1. The Balaban J connectivity index is 2.49. The Morgan fingerprint density at radius 2 is 2.00 bits per heavy atom. The van der Waals surface area contributed by atoms with Gasteiger partial charge in [-0.1, -0.05) is 6.07 Å². The minimum atomic E-state index is -0.346. The zero-order chi connectivity index (χ0) is 13.8. The van der Waals surface area contributed by atoms with Crippen LogP contribution >= 0.6 is 0 Å². The molecule has 0 bridgehead atoms. The van der Waals surface area contributed by atoms with E-state index in [1.54, 1.807) is 24.5 Å². The highest BCUT2D eigenvalue weighted by Gasteiger charge is 2.12. The van der Waals surface area contributed by atoms with Crippen LogP contribution in [-0.4, -0.2) is 21.0 Å². The molecule has 0 radical (unpaired) electrons. The molecule has 5 heteroatoms. The van der Waals surface area contributed by atoms with Gasteiger partial charge in [0.05, 0.1) is 0 Å². The fraction of sp³-hybridized carbons (Fsp3) is 0.214. The summed E-state index contributed by atoms with van der Waals surface area (Å²) in [6.07, 6.45) is 5.61. The Kier molecular flexibility index (Phi) is 3.75. The van der Waals surface area contributed by atoms with E-state index in [1.807, 2.05) is 6.92 Å². The van der Waals surface area contributed by atoms with E-state index in [0.717, 1.165) is 22.3 Å². The molecular formula is C14H15N3O2. The number of aromatic hydroxyl groups is 1. The summed E-state index contributed by atoms with van der Waals surface area (Å²) in [5, 5.41) is 9.83. The monoisotopic (exact) mass is 257 g/mol. The van der Waals surface area contributed by atoms with Crippen LogP contribution in [0.1, 0.15) is 17.5 Å². The lowest BCUT2D eigenvalue weighted by atomic mass is 9.93. The molecule has 0 spiro atoms. The number of nitrogens with two attached hydrogens (primary N) is 1. The largest absolute Gasteiger partial charge is 0.508 e.